The van der Waals surface area contributed by atoms with Crippen LogP contribution in [0.3, 0.4) is 0 Å². The lowest BCUT2D eigenvalue weighted by Crippen LogP contribution is -2.20. The minimum atomic E-state index is -0.753. The molecule has 0 spiro atoms. The van der Waals surface area contributed by atoms with Crippen LogP contribution in [0.4, 0.5) is 5.95 Å². The Bertz CT molecular complexity index is 1050. The molecule has 1 saturated heterocycles. The van der Waals surface area contributed by atoms with Gasteiger partial charge in [-0.1, -0.05) is 30.5 Å². The second kappa shape index (κ2) is 7.27. The van der Waals surface area contributed by atoms with E-state index >= 15 is 0 Å². The first-order valence-corrected chi connectivity index (χ1v) is 10.7. The average Bonchev–Trinajstić information content (AvgIpc) is 3.45. The van der Waals surface area contributed by atoms with Crippen molar-refractivity contribution in [1.29, 1.82) is 0 Å². The number of aliphatic hydroxyl groups is 1. The van der Waals surface area contributed by atoms with Crippen LogP contribution in [-0.2, 0) is 16.9 Å². The van der Waals surface area contributed by atoms with Gasteiger partial charge in [-0.15, -0.1) is 0 Å². The first-order valence-electron chi connectivity index (χ1n) is 10.3. The quantitative estimate of drug-likeness (QED) is 0.668. The van der Waals surface area contributed by atoms with Crippen LogP contribution in [0.15, 0.2) is 30.6 Å². The maximum atomic E-state index is 11.1. The second-order valence-electron chi connectivity index (χ2n) is 8.23. The second-order valence-corrected chi connectivity index (χ2v) is 8.63. The molecule has 3 aromatic rings. The van der Waals surface area contributed by atoms with E-state index in [9.17, 15) is 5.11 Å². The minimum Gasteiger partial charge on any atom is -0.385 e. The molecule has 0 unspecified atom stereocenters. The first kappa shape index (κ1) is 18.9. The van der Waals surface area contributed by atoms with Gasteiger partial charge in [0, 0.05) is 35.8 Å². The van der Waals surface area contributed by atoms with Gasteiger partial charge in [0.25, 0.3) is 0 Å². The van der Waals surface area contributed by atoms with E-state index in [0.717, 1.165) is 73.7 Å². The molecule has 1 aliphatic heterocycles. The molecule has 1 atom stereocenters. The lowest BCUT2D eigenvalue weighted by atomic mass is 9.91. The highest BCUT2D eigenvalue weighted by molar-refractivity contribution is 6.33. The van der Waals surface area contributed by atoms with Crippen molar-refractivity contribution >= 4 is 28.5 Å². The Morgan fingerprint density at radius 1 is 1.28 bits per heavy atom. The Hall–Kier alpha value is -2.15. The molecule has 0 amide bonds. The third-order valence-electron chi connectivity index (χ3n) is 6.29. The molecule has 6 nitrogen and oxygen atoms in total. The molecular weight excluding hydrogens is 388 g/mol. The highest BCUT2D eigenvalue weighted by atomic mass is 35.5. The summed E-state index contributed by atoms with van der Waals surface area (Å²) >= 11 is 6.44. The zero-order valence-corrected chi connectivity index (χ0v) is 17.0. The molecule has 152 valence electrons. The number of aromatic nitrogens is 3. The number of ether oxygens (including phenoxy) is 1. The Kier molecular flexibility index (Phi) is 4.73. The maximum Gasteiger partial charge on any atom is 0.220 e. The van der Waals surface area contributed by atoms with Gasteiger partial charge in [-0.25, -0.2) is 9.97 Å². The van der Waals surface area contributed by atoms with E-state index < -0.39 is 5.60 Å². The highest BCUT2D eigenvalue weighted by Gasteiger charge is 2.33. The molecule has 3 heterocycles. The Morgan fingerprint density at radius 3 is 2.86 bits per heavy atom. The third-order valence-corrected chi connectivity index (χ3v) is 6.57. The van der Waals surface area contributed by atoms with Crippen LogP contribution in [0.1, 0.15) is 44.1 Å². The Balaban J connectivity index is 1.67. The summed E-state index contributed by atoms with van der Waals surface area (Å²) in [6.07, 6.45) is 9.68. The van der Waals surface area contributed by atoms with Crippen molar-refractivity contribution in [2.24, 2.45) is 0 Å². The third kappa shape index (κ3) is 3.39. The van der Waals surface area contributed by atoms with E-state index in [4.69, 9.17) is 22.1 Å². The number of anilines is 1. The van der Waals surface area contributed by atoms with E-state index in [1.54, 1.807) is 0 Å². The lowest BCUT2D eigenvalue weighted by molar-refractivity contribution is 0.0446. The summed E-state index contributed by atoms with van der Waals surface area (Å²) in [4.78, 5) is 8.40. The average molecular weight is 413 g/mol. The van der Waals surface area contributed by atoms with Crippen molar-refractivity contribution in [3.63, 3.8) is 0 Å². The highest BCUT2D eigenvalue weighted by Crippen LogP contribution is 2.42. The maximum absolute atomic E-state index is 11.1. The van der Waals surface area contributed by atoms with Crippen molar-refractivity contribution in [2.45, 2.75) is 56.8 Å². The summed E-state index contributed by atoms with van der Waals surface area (Å²) in [5.74, 6) is 0.190. The van der Waals surface area contributed by atoms with E-state index in [1.165, 1.54) is 6.20 Å². The SMILES string of the molecule is Nc1ncc(Cl)c(-c2cn(C[C@@H]3CCCO3)c3ccc(C4(O)CCCC4)cc23)n1. The fourth-order valence-electron chi connectivity index (χ4n) is 4.75. The monoisotopic (exact) mass is 412 g/mol. The Morgan fingerprint density at radius 2 is 2.10 bits per heavy atom. The predicted molar refractivity (Wildman–Crippen MR) is 114 cm³/mol. The van der Waals surface area contributed by atoms with Gasteiger partial charge in [-0.2, -0.15) is 0 Å². The smallest absolute Gasteiger partial charge is 0.220 e. The molecule has 5 rings (SSSR count). The number of benzene rings is 1. The summed E-state index contributed by atoms with van der Waals surface area (Å²) in [7, 11) is 0. The molecular formula is C22H25ClN4O2. The number of halogens is 1. The molecule has 1 aliphatic carbocycles. The van der Waals surface area contributed by atoms with E-state index in [-0.39, 0.29) is 12.1 Å². The van der Waals surface area contributed by atoms with Gasteiger partial charge < -0.3 is 20.1 Å². The lowest BCUT2D eigenvalue weighted by Gasteiger charge is -2.23. The van der Waals surface area contributed by atoms with E-state index in [1.807, 2.05) is 0 Å². The summed E-state index contributed by atoms with van der Waals surface area (Å²) in [6.45, 7) is 1.60. The van der Waals surface area contributed by atoms with Crippen molar-refractivity contribution in [1.82, 2.24) is 14.5 Å². The molecule has 0 bridgehead atoms. The van der Waals surface area contributed by atoms with Crippen LogP contribution in [0.25, 0.3) is 22.2 Å². The predicted octanol–water partition coefficient (Wildman–Crippen LogP) is 4.27. The molecule has 2 fully saturated rings. The van der Waals surface area contributed by atoms with Crippen LogP contribution in [-0.4, -0.2) is 32.4 Å². The summed E-state index contributed by atoms with van der Waals surface area (Å²) in [5.41, 5.74) is 8.65. The normalized spacial score (nSPS) is 21.2. The number of nitrogen functional groups attached to an aromatic ring is 1. The number of nitrogens with zero attached hydrogens (tertiary/aromatic N) is 3. The van der Waals surface area contributed by atoms with Crippen molar-refractivity contribution < 1.29 is 9.84 Å². The van der Waals surface area contributed by atoms with Gasteiger partial charge >= 0.3 is 0 Å². The molecule has 1 saturated carbocycles. The molecule has 29 heavy (non-hydrogen) atoms. The van der Waals surface area contributed by atoms with Gasteiger partial charge in [0.1, 0.15) is 0 Å². The number of nitrogens with two attached hydrogens (primary N) is 1. The number of hydrogen-bond donors (Lipinski definition) is 2. The summed E-state index contributed by atoms with van der Waals surface area (Å²) < 4.78 is 8.06. The summed E-state index contributed by atoms with van der Waals surface area (Å²) in [6, 6.07) is 6.24. The molecule has 0 radical (unpaired) electrons. The number of fused-ring (bicyclic) bond motifs is 1. The van der Waals surface area contributed by atoms with E-state index in [0.29, 0.717) is 10.7 Å². The van der Waals surface area contributed by atoms with Crippen molar-refractivity contribution in [2.75, 3.05) is 12.3 Å². The number of rotatable bonds is 4. The minimum absolute atomic E-state index is 0.190. The topological polar surface area (TPSA) is 86.2 Å². The molecule has 7 heteroatoms. The van der Waals surface area contributed by atoms with E-state index in [2.05, 4.69) is 38.9 Å². The number of hydrogen-bond acceptors (Lipinski definition) is 5. The summed E-state index contributed by atoms with van der Waals surface area (Å²) in [5, 5.41) is 12.6. The van der Waals surface area contributed by atoms with Crippen LogP contribution in [0, 0.1) is 0 Å². The van der Waals surface area contributed by atoms with Crippen LogP contribution in [0.5, 0.6) is 0 Å². The molecule has 2 aromatic heterocycles. The van der Waals surface area contributed by atoms with Crippen LogP contribution < -0.4 is 5.73 Å². The van der Waals surface area contributed by atoms with Crippen LogP contribution in [0.2, 0.25) is 5.02 Å². The van der Waals surface area contributed by atoms with Gasteiger partial charge in [0.15, 0.2) is 0 Å². The first-order chi connectivity index (χ1) is 14.0. The largest absolute Gasteiger partial charge is 0.385 e. The molecule has 1 aromatic carbocycles. The van der Waals surface area contributed by atoms with Crippen molar-refractivity contribution in [3.05, 3.63) is 41.2 Å². The molecule has 3 N–H and O–H groups in total. The van der Waals surface area contributed by atoms with Gasteiger partial charge in [0.2, 0.25) is 5.95 Å². The fraction of sp³-hybridized carbons (Fsp3) is 0.455. The molecule has 2 aliphatic rings. The Labute approximate surface area is 174 Å². The van der Waals surface area contributed by atoms with Crippen LogP contribution >= 0.6 is 11.6 Å². The van der Waals surface area contributed by atoms with Gasteiger partial charge in [-0.05, 0) is 43.4 Å². The zero-order valence-electron chi connectivity index (χ0n) is 16.3. The van der Waals surface area contributed by atoms with Gasteiger partial charge in [-0.3, -0.25) is 0 Å². The fourth-order valence-corrected chi connectivity index (χ4v) is 4.95. The van der Waals surface area contributed by atoms with Crippen molar-refractivity contribution in [3.8, 4) is 11.3 Å². The standard InChI is InChI=1S/C22H25ClN4O2/c23-18-11-25-21(24)26-20(18)17-13-27(12-15-4-3-9-29-15)19-6-5-14(10-16(17)19)22(28)7-1-2-8-22/h5-6,10-11,13,15,28H,1-4,7-9,12H2,(H2,24,25,26)/t15-/m0/s1. The zero-order chi connectivity index (χ0) is 20.0. The van der Waals surface area contributed by atoms with Gasteiger partial charge in [0.05, 0.1) is 28.6 Å².